The first-order valence-electron chi connectivity index (χ1n) is 8.55. The summed E-state index contributed by atoms with van der Waals surface area (Å²) in [7, 11) is 2.12. The summed E-state index contributed by atoms with van der Waals surface area (Å²) >= 11 is 1.55. The van der Waals surface area contributed by atoms with E-state index in [1.54, 1.807) is 11.3 Å². The van der Waals surface area contributed by atoms with Crippen LogP contribution in [0, 0.1) is 0 Å². The third-order valence-corrected chi connectivity index (χ3v) is 5.28. The van der Waals surface area contributed by atoms with Crippen LogP contribution in [0.3, 0.4) is 0 Å². The van der Waals surface area contributed by atoms with Crippen molar-refractivity contribution in [2.75, 3.05) is 25.0 Å². The Kier molecular flexibility index (Phi) is 5.71. The Morgan fingerprint density at radius 3 is 2.84 bits per heavy atom. The Bertz CT molecular complexity index is 743. The van der Waals surface area contributed by atoms with Gasteiger partial charge >= 0.3 is 11.8 Å². The lowest BCUT2D eigenvalue weighted by Gasteiger charge is -2.27. The van der Waals surface area contributed by atoms with E-state index in [1.807, 2.05) is 17.5 Å². The third kappa shape index (κ3) is 4.60. The monoisotopic (exact) mass is 357 g/mol. The molecule has 2 amide bonds. The molecule has 0 unspecified atom stereocenters. The van der Waals surface area contributed by atoms with Crippen molar-refractivity contribution in [2.24, 2.45) is 0 Å². The van der Waals surface area contributed by atoms with Crippen LogP contribution in [-0.2, 0) is 29.0 Å². The van der Waals surface area contributed by atoms with Crippen molar-refractivity contribution < 1.29 is 9.59 Å². The third-order valence-electron chi connectivity index (χ3n) is 4.40. The number of amides is 2. The van der Waals surface area contributed by atoms with Gasteiger partial charge in [0, 0.05) is 30.7 Å². The summed E-state index contributed by atoms with van der Waals surface area (Å²) in [6.07, 6.45) is 3.00. The largest absolute Gasteiger partial charge is 0.374 e. The van der Waals surface area contributed by atoms with Crippen molar-refractivity contribution in [3.63, 3.8) is 0 Å². The lowest BCUT2D eigenvalue weighted by Crippen LogP contribution is -2.40. The summed E-state index contributed by atoms with van der Waals surface area (Å²) in [5.41, 5.74) is 3.85. The summed E-state index contributed by atoms with van der Waals surface area (Å²) in [5.74, 6) is -1.16. The van der Waals surface area contributed by atoms with Gasteiger partial charge in [0.1, 0.15) is 0 Å². The molecular formula is C19H23N3O2S. The molecular weight excluding hydrogens is 334 g/mol. The molecule has 132 valence electrons. The fraction of sp³-hybridized carbons (Fsp3) is 0.368. The molecule has 25 heavy (non-hydrogen) atoms. The maximum absolute atomic E-state index is 11.8. The minimum Gasteiger partial charge on any atom is -0.374 e. The highest BCUT2D eigenvalue weighted by molar-refractivity contribution is 7.09. The SMILES string of the molecule is CN1CCCc2cc(CCNC(=O)C(=O)NCc3cccs3)ccc21. The Morgan fingerprint density at radius 2 is 2.04 bits per heavy atom. The van der Waals surface area contributed by atoms with Gasteiger partial charge in [-0.05, 0) is 47.9 Å². The number of hydrogen-bond acceptors (Lipinski definition) is 4. The molecule has 0 radical (unpaired) electrons. The van der Waals surface area contributed by atoms with Gasteiger partial charge in [0.15, 0.2) is 0 Å². The first-order chi connectivity index (χ1) is 12.1. The lowest BCUT2D eigenvalue weighted by molar-refractivity contribution is -0.139. The van der Waals surface area contributed by atoms with Gasteiger partial charge in [0.2, 0.25) is 0 Å². The molecule has 0 saturated carbocycles. The van der Waals surface area contributed by atoms with Crippen LogP contribution in [0.5, 0.6) is 0 Å². The van der Waals surface area contributed by atoms with Crippen molar-refractivity contribution in [1.29, 1.82) is 0 Å². The number of hydrogen-bond donors (Lipinski definition) is 2. The number of aryl methyl sites for hydroxylation is 1. The van der Waals surface area contributed by atoms with E-state index in [0.29, 0.717) is 13.1 Å². The maximum atomic E-state index is 11.8. The van der Waals surface area contributed by atoms with Crippen molar-refractivity contribution in [3.8, 4) is 0 Å². The highest BCUT2D eigenvalue weighted by Gasteiger charge is 2.15. The zero-order valence-electron chi connectivity index (χ0n) is 14.4. The van der Waals surface area contributed by atoms with Crippen LogP contribution in [-0.4, -0.2) is 32.0 Å². The quantitative estimate of drug-likeness (QED) is 0.806. The fourth-order valence-electron chi connectivity index (χ4n) is 3.06. The van der Waals surface area contributed by atoms with E-state index in [4.69, 9.17) is 0 Å². The molecule has 5 nitrogen and oxygen atoms in total. The van der Waals surface area contributed by atoms with Crippen LogP contribution in [0.15, 0.2) is 35.7 Å². The van der Waals surface area contributed by atoms with E-state index in [2.05, 4.69) is 40.8 Å². The van der Waals surface area contributed by atoms with E-state index in [1.165, 1.54) is 23.2 Å². The summed E-state index contributed by atoms with van der Waals surface area (Å²) in [6.45, 7) is 1.95. The Labute approximate surface area is 152 Å². The highest BCUT2D eigenvalue weighted by Crippen LogP contribution is 2.26. The minimum absolute atomic E-state index is 0.391. The average Bonchev–Trinajstić information content (AvgIpc) is 3.13. The zero-order chi connectivity index (χ0) is 17.6. The van der Waals surface area contributed by atoms with Crippen molar-refractivity contribution in [1.82, 2.24) is 10.6 Å². The number of carbonyl (C=O) groups excluding carboxylic acids is 2. The smallest absolute Gasteiger partial charge is 0.309 e. The van der Waals surface area contributed by atoms with Crippen LogP contribution in [0.2, 0.25) is 0 Å². The topological polar surface area (TPSA) is 61.4 Å². The normalized spacial score (nSPS) is 13.2. The van der Waals surface area contributed by atoms with E-state index < -0.39 is 11.8 Å². The molecule has 2 heterocycles. The predicted molar refractivity (Wildman–Crippen MR) is 101 cm³/mol. The van der Waals surface area contributed by atoms with E-state index in [9.17, 15) is 9.59 Å². The second-order valence-electron chi connectivity index (χ2n) is 6.26. The number of fused-ring (bicyclic) bond motifs is 1. The number of carbonyl (C=O) groups is 2. The number of anilines is 1. The molecule has 0 atom stereocenters. The van der Waals surface area contributed by atoms with Gasteiger partial charge in [-0.25, -0.2) is 0 Å². The first-order valence-corrected chi connectivity index (χ1v) is 9.43. The van der Waals surface area contributed by atoms with Crippen molar-refractivity contribution in [2.45, 2.75) is 25.8 Å². The molecule has 1 aromatic carbocycles. The van der Waals surface area contributed by atoms with Crippen LogP contribution in [0.1, 0.15) is 22.4 Å². The molecule has 6 heteroatoms. The molecule has 2 aromatic rings. The van der Waals surface area contributed by atoms with Crippen LogP contribution in [0.25, 0.3) is 0 Å². The summed E-state index contributed by atoms with van der Waals surface area (Å²) < 4.78 is 0. The van der Waals surface area contributed by atoms with Gasteiger partial charge in [-0.1, -0.05) is 18.2 Å². The molecule has 0 aliphatic carbocycles. The molecule has 0 fully saturated rings. The van der Waals surface area contributed by atoms with E-state index >= 15 is 0 Å². The van der Waals surface area contributed by atoms with Gasteiger partial charge < -0.3 is 15.5 Å². The number of benzene rings is 1. The molecule has 0 saturated heterocycles. The average molecular weight is 357 g/mol. The molecule has 1 aliphatic heterocycles. The first kappa shape index (κ1) is 17.5. The predicted octanol–water partition coefficient (Wildman–Crippen LogP) is 2.11. The van der Waals surface area contributed by atoms with E-state index in [0.717, 1.165) is 24.3 Å². The van der Waals surface area contributed by atoms with E-state index in [-0.39, 0.29) is 0 Å². The van der Waals surface area contributed by atoms with Crippen LogP contribution in [0.4, 0.5) is 5.69 Å². The van der Waals surface area contributed by atoms with Gasteiger partial charge in [0.25, 0.3) is 0 Å². The van der Waals surface area contributed by atoms with Gasteiger partial charge in [-0.15, -0.1) is 11.3 Å². The summed E-state index contributed by atoms with van der Waals surface area (Å²) in [5, 5.41) is 7.27. The molecule has 3 rings (SSSR count). The van der Waals surface area contributed by atoms with Gasteiger partial charge in [0.05, 0.1) is 6.54 Å². The molecule has 0 bridgehead atoms. The number of thiophene rings is 1. The summed E-state index contributed by atoms with van der Waals surface area (Å²) in [6, 6.07) is 10.3. The number of nitrogens with one attached hydrogen (secondary N) is 2. The minimum atomic E-state index is -0.583. The van der Waals surface area contributed by atoms with Crippen molar-refractivity contribution in [3.05, 3.63) is 51.7 Å². The molecule has 0 spiro atoms. The number of nitrogens with zero attached hydrogens (tertiary/aromatic N) is 1. The number of rotatable bonds is 5. The van der Waals surface area contributed by atoms with Gasteiger partial charge in [-0.2, -0.15) is 0 Å². The highest BCUT2D eigenvalue weighted by atomic mass is 32.1. The fourth-order valence-corrected chi connectivity index (χ4v) is 3.70. The second kappa shape index (κ2) is 8.16. The standard InChI is InChI=1S/C19H23N3O2S/c1-22-10-2-4-15-12-14(6-7-17(15)22)8-9-20-18(23)19(24)21-13-16-5-3-11-25-16/h3,5-7,11-12H,2,4,8-10,13H2,1H3,(H,20,23)(H,21,24). The Morgan fingerprint density at radius 1 is 1.20 bits per heavy atom. The molecule has 2 N–H and O–H groups in total. The molecule has 1 aliphatic rings. The second-order valence-corrected chi connectivity index (χ2v) is 7.29. The molecule has 1 aromatic heterocycles. The maximum Gasteiger partial charge on any atom is 0.309 e. The Balaban J connectivity index is 1.44. The van der Waals surface area contributed by atoms with Crippen LogP contribution >= 0.6 is 11.3 Å². The van der Waals surface area contributed by atoms with Crippen molar-refractivity contribution >= 4 is 28.8 Å². The zero-order valence-corrected chi connectivity index (χ0v) is 15.2. The summed E-state index contributed by atoms with van der Waals surface area (Å²) in [4.78, 5) is 26.9. The lowest BCUT2D eigenvalue weighted by atomic mass is 9.98. The van der Waals surface area contributed by atoms with Gasteiger partial charge in [-0.3, -0.25) is 9.59 Å². The Hall–Kier alpha value is -2.34. The van der Waals surface area contributed by atoms with Crippen LogP contribution < -0.4 is 15.5 Å².